The molecule has 0 radical (unpaired) electrons. The summed E-state index contributed by atoms with van der Waals surface area (Å²) in [5.74, 6) is -0.524. The van der Waals surface area contributed by atoms with E-state index in [2.05, 4.69) is 5.32 Å². The Hall–Kier alpha value is -1.33. The number of aromatic carboxylic acids is 1. The van der Waals surface area contributed by atoms with Crippen molar-refractivity contribution in [1.82, 2.24) is 5.32 Å². The number of nitrogens with one attached hydrogen (secondary N) is 1. The first-order valence-corrected chi connectivity index (χ1v) is 10.7. The highest BCUT2D eigenvalue weighted by Crippen LogP contribution is 2.39. The molecule has 1 saturated carbocycles. The molecule has 0 amide bonds. The number of ether oxygens (including phenoxy) is 1. The number of benzene rings is 1. The second-order valence-electron chi connectivity index (χ2n) is 7.83. The van der Waals surface area contributed by atoms with Crippen LogP contribution >= 0.6 is 8.46 Å². The van der Waals surface area contributed by atoms with E-state index in [1.165, 1.54) is 19.3 Å². The van der Waals surface area contributed by atoms with Gasteiger partial charge in [-0.2, -0.15) is 0 Å². The Balaban J connectivity index is 1.57. The van der Waals surface area contributed by atoms with E-state index < -0.39 is 25.9 Å². The van der Waals surface area contributed by atoms with Crippen LogP contribution in [0.2, 0.25) is 0 Å². The van der Waals surface area contributed by atoms with Crippen molar-refractivity contribution in [2.75, 3.05) is 13.2 Å². The van der Waals surface area contributed by atoms with Crippen LogP contribution in [0.5, 0.6) is 0 Å². The molecule has 6 nitrogen and oxygen atoms in total. The summed E-state index contributed by atoms with van der Waals surface area (Å²) in [6.07, 6.45) is 6.33. The standard InChI is InChI=1S/C20H28NO5P/c22-19(23)17-9-5-4-8-15(17)10-16-13-26-18(12-21-16)20(24,27-25)11-14-6-2-1-3-7-14/h4-5,8-9,14,16,18,21,24H,1-3,6-7,10-13H2,(H,22,23)/p+1/t16-,18-,20?/m1/s1. The van der Waals surface area contributed by atoms with Crippen molar-refractivity contribution in [2.24, 2.45) is 5.92 Å². The topological polar surface area (TPSA) is 95.9 Å². The number of aliphatic hydroxyl groups is 1. The molecule has 27 heavy (non-hydrogen) atoms. The fourth-order valence-corrected chi connectivity index (χ4v) is 4.99. The molecule has 7 heteroatoms. The zero-order chi connectivity index (χ0) is 19.3. The average molecular weight is 394 g/mol. The van der Waals surface area contributed by atoms with Crippen LogP contribution in [0.25, 0.3) is 0 Å². The van der Waals surface area contributed by atoms with Crippen molar-refractivity contribution in [2.45, 2.75) is 62.4 Å². The van der Waals surface area contributed by atoms with Crippen LogP contribution in [-0.2, 0) is 15.7 Å². The lowest BCUT2D eigenvalue weighted by Gasteiger charge is -2.36. The second kappa shape index (κ2) is 9.24. The van der Waals surface area contributed by atoms with Gasteiger partial charge in [-0.3, -0.25) is 0 Å². The van der Waals surface area contributed by atoms with Gasteiger partial charge in [-0.25, -0.2) is 4.79 Å². The Morgan fingerprint density at radius 2 is 2.00 bits per heavy atom. The highest BCUT2D eigenvalue weighted by atomic mass is 31.1. The van der Waals surface area contributed by atoms with Crippen molar-refractivity contribution < 1.29 is 24.3 Å². The molecule has 1 aromatic rings. The molecular formula is C20H29NO5P+. The largest absolute Gasteiger partial charge is 0.478 e. The number of carboxylic acids is 1. The first kappa shape index (κ1) is 20.4. The fourth-order valence-electron chi connectivity index (χ4n) is 4.30. The zero-order valence-corrected chi connectivity index (χ0v) is 16.5. The molecule has 4 atom stereocenters. The molecule has 1 aromatic carbocycles. The summed E-state index contributed by atoms with van der Waals surface area (Å²) in [6.45, 7) is 0.772. The SMILES string of the molecule is O=[PH+]C(O)(CC1CCCCC1)[C@H]1CN[C@H](Cc2ccccc2C(=O)O)CO1. The summed E-state index contributed by atoms with van der Waals surface area (Å²) in [6, 6.07) is 6.93. The Labute approximate surface area is 161 Å². The smallest absolute Gasteiger partial charge is 0.362 e. The molecule has 0 spiro atoms. The third kappa shape index (κ3) is 5.14. The van der Waals surface area contributed by atoms with E-state index in [0.717, 1.165) is 18.4 Å². The minimum Gasteiger partial charge on any atom is -0.478 e. The number of morpholine rings is 1. The quantitative estimate of drug-likeness (QED) is 0.616. The molecule has 3 rings (SSSR count). The van der Waals surface area contributed by atoms with Crippen molar-refractivity contribution in [1.29, 1.82) is 0 Å². The van der Waals surface area contributed by atoms with E-state index in [1.807, 2.05) is 12.1 Å². The zero-order valence-electron chi connectivity index (χ0n) is 15.5. The minimum atomic E-state index is -1.31. The lowest BCUT2D eigenvalue weighted by Crippen LogP contribution is -2.55. The van der Waals surface area contributed by atoms with Gasteiger partial charge in [0.25, 0.3) is 5.34 Å². The van der Waals surface area contributed by atoms with Crippen LogP contribution < -0.4 is 5.32 Å². The van der Waals surface area contributed by atoms with Crippen molar-refractivity contribution in [3.63, 3.8) is 0 Å². The maximum atomic E-state index is 11.8. The molecule has 0 bridgehead atoms. The molecule has 2 fully saturated rings. The summed E-state index contributed by atoms with van der Waals surface area (Å²) in [4.78, 5) is 11.4. The predicted molar refractivity (Wildman–Crippen MR) is 104 cm³/mol. The Morgan fingerprint density at radius 3 is 2.63 bits per heavy atom. The fraction of sp³-hybridized carbons (Fsp3) is 0.650. The first-order valence-electron chi connectivity index (χ1n) is 9.79. The van der Waals surface area contributed by atoms with Crippen molar-refractivity contribution in [3.8, 4) is 0 Å². The highest BCUT2D eigenvalue weighted by Gasteiger charge is 2.49. The van der Waals surface area contributed by atoms with E-state index in [1.54, 1.807) is 12.1 Å². The lowest BCUT2D eigenvalue weighted by molar-refractivity contribution is -0.0942. The highest BCUT2D eigenvalue weighted by molar-refractivity contribution is 7.25. The van der Waals surface area contributed by atoms with Crippen LogP contribution in [0.15, 0.2) is 24.3 Å². The van der Waals surface area contributed by atoms with Gasteiger partial charge >= 0.3 is 14.4 Å². The number of carboxylic acid groups (broad SMARTS) is 1. The Morgan fingerprint density at radius 1 is 1.26 bits per heavy atom. The van der Waals surface area contributed by atoms with Gasteiger partial charge in [-0.1, -0.05) is 54.9 Å². The molecule has 148 valence electrons. The number of rotatable bonds is 7. The number of carbonyl (C=O) groups is 1. The van der Waals surface area contributed by atoms with E-state index in [9.17, 15) is 19.6 Å². The van der Waals surface area contributed by atoms with E-state index in [4.69, 9.17) is 4.74 Å². The van der Waals surface area contributed by atoms with Crippen LogP contribution in [0, 0.1) is 5.92 Å². The second-order valence-corrected chi connectivity index (χ2v) is 8.90. The maximum absolute atomic E-state index is 11.8. The summed E-state index contributed by atoms with van der Waals surface area (Å²) in [5.41, 5.74) is 1.06. The van der Waals surface area contributed by atoms with Gasteiger partial charge in [0.1, 0.15) is 6.10 Å². The summed E-state index contributed by atoms with van der Waals surface area (Å²) >= 11 is 0. The molecule has 1 aliphatic heterocycles. The van der Waals surface area contributed by atoms with Crippen LogP contribution in [0.3, 0.4) is 0 Å². The molecule has 2 unspecified atom stereocenters. The number of hydrogen-bond acceptors (Lipinski definition) is 5. The van der Waals surface area contributed by atoms with Gasteiger partial charge in [0.05, 0.1) is 12.2 Å². The van der Waals surface area contributed by atoms with Gasteiger partial charge in [-0.05, 0) is 24.0 Å². The monoisotopic (exact) mass is 394 g/mol. The van der Waals surface area contributed by atoms with Crippen LogP contribution in [-0.4, -0.2) is 46.8 Å². The van der Waals surface area contributed by atoms with E-state index in [0.29, 0.717) is 37.5 Å². The Kier molecular flexibility index (Phi) is 6.99. The molecule has 1 aliphatic carbocycles. The average Bonchev–Trinajstić information content (AvgIpc) is 2.69. The normalized spacial score (nSPS) is 26.6. The molecule has 2 aliphatic rings. The van der Waals surface area contributed by atoms with Gasteiger partial charge in [0, 0.05) is 19.0 Å². The maximum Gasteiger partial charge on any atom is 0.362 e. The lowest BCUT2D eigenvalue weighted by atomic mass is 9.84. The Bertz CT molecular complexity index is 656. The number of hydrogen-bond donors (Lipinski definition) is 3. The van der Waals surface area contributed by atoms with Crippen LogP contribution in [0.4, 0.5) is 0 Å². The van der Waals surface area contributed by atoms with Crippen molar-refractivity contribution >= 4 is 14.4 Å². The molecule has 3 N–H and O–H groups in total. The van der Waals surface area contributed by atoms with Crippen molar-refractivity contribution in [3.05, 3.63) is 35.4 Å². The third-order valence-corrected chi connectivity index (χ3v) is 6.72. The van der Waals surface area contributed by atoms with E-state index in [-0.39, 0.29) is 6.04 Å². The summed E-state index contributed by atoms with van der Waals surface area (Å²) in [5, 5.41) is 22.3. The van der Waals surface area contributed by atoms with Crippen LogP contribution in [0.1, 0.15) is 54.4 Å². The van der Waals surface area contributed by atoms with Gasteiger partial charge < -0.3 is 20.3 Å². The van der Waals surface area contributed by atoms with Gasteiger partial charge in [0.2, 0.25) is 0 Å². The summed E-state index contributed by atoms with van der Waals surface area (Å²) in [7, 11) is -0.820. The van der Waals surface area contributed by atoms with Gasteiger partial charge in [-0.15, -0.1) is 0 Å². The molecule has 1 heterocycles. The molecule has 0 aromatic heterocycles. The summed E-state index contributed by atoms with van der Waals surface area (Å²) < 4.78 is 17.7. The molecule has 1 saturated heterocycles. The van der Waals surface area contributed by atoms with Gasteiger partial charge in [0.15, 0.2) is 0 Å². The third-order valence-electron chi connectivity index (χ3n) is 5.84. The first-order chi connectivity index (χ1) is 13.0. The molecular weight excluding hydrogens is 365 g/mol. The minimum absolute atomic E-state index is 0.0318. The predicted octanol–water partition coefficient (Wildman–Crippen LogP) is 2.97. The van der Waals surface area contributed by atoms with E-state index >= 15 is 0 Å².